The molecule has 1 aromatic carbocycles. The fourth-order valence-electron chi connectivity index (χ4n) is 0.924. The summed E-state index contributed by atoms with van der Waals surface area (Å²) in [5, 5.41) is 9.43. The third-order valence-electron chi connectivity index (χ3n) is 1.46. The molecule has 0 unspecified atom stereocenters. The molecule has 0 aliphatic carbocycles. The number of ketones is 1. The molecule has 0 heterocycles. The van der Waals surface area contributed by atoms with E-state index in [2.05, 4.69) is 15.9 Å². The van der Waals surface area contributed by atoms with Gasteiger partial charge in [-0.15, -0.1) is 0 Å². The second-order valence-corrected chi connectivity index (χ2v) is 3.57. The molecule has 0 spiro atoms. The Kier molecular flexibility index (Phi) is 3.25. The molecule has 13 heavy (non-hydrogen) atoms. The van der Waals surface area contributed by atoms with Gasteiger partial charge >= 0.3 is 0 Å². The van der Waals surface area contributed by atoms with Crippen LogP contribution in [0.25, 0.3) is 5.76 Å². The number of benzene rings is 1. The highest BCUT2D eigenvalue weighted by atomic mass is 79.9. The van der Waals surface area contributed by atoms with Crippen LogP contribution in [-0.4, -0.2) is 10.9 Å². The zero-order valence-corrected chi connectivity index (χ0v) is 8.71. The average molecular weight is 241 g/mol. The molecule has 0 aromatic heterocycles. The van der Waals surface area contributed by atoms with Crippen LogP contribution in [0.2, 0.25) is 0 Å². The highest BCUT2D eigenvalue weighted by molar-refractivity contribution is 9.10. The summed E-state index contributed by atoms with van der Waals surface area (Å²) in [5.74, 6) is -0.175. The van der Waals surface area contributed by atoms with Gasteiger partial charge in [-0.2, -0.15) is 0 Å². The number of aliphatic hydroxyl groups excluding tert-OH is 1. The smallest absolute Gasteiger partial charge is 0.156 e. The zero-order chi connectivity index (χ0) is 9.84. The predicted molar refractivity (Wildman–Crippen MR) is 55.4 cm³/mol. The molecule has 0 fully saturated rings. The van der Waals surface area contributed by atoms with Crippen molar-refractivity contribution < 1.29 is 9.90 Å². The van der Waals surface area contributed by atoms with Gasteiger partial charge in [0.2, 0.25) is 0 Å². The molecule has 0 aliphatic heterocycles. The number of carbonyl (C=O) groups is 1. The number of hydrogen-bond donors (Lipinski definition) is 1. The number of hydrogen-bond acceptors (Lipinski definition) is 2. The van der Waals surface area contributed by atoms with Crippen LogP contribution in [0, 0.1) is 0 Å². The molecule has 0 saturated heterocycles. The van der Waals surface area contributed by atoms with Crippen LogP contribution in [0.5, 0.6) is 0 Å². The maximum atomic E-state index is 10.7. The number of rotatable bonds is 2. The summed E-state index contributed by atoms with van der Waals surface area (Å²) in [6.07, 6.45) is 1.20. The van der Waals surface area contributed by atoms with Crippen LogP contribution in [0.4, 0.5) is 0 Å². The van der Waals surface area contributed by atoms with Crippen LogP contribution in [0.3, 0.4) is 0 Å². The summed E-state index contributed by atoms with van der Waals surface area (Å²) >= 11 is 3.27. The monoisotopic (exact) mass is 240 g/mol. The quantitative estimate of drug-likeness (QED) is 0.638. The van der Waals surface area contributed by atoms with Crippen LogP contribution in [-0.2, 0) is 4.79 Å². The first-order valence-corrected chi connectivity index (χ1v) is 4.56. The fourth-order valence-corrected chi connectivity index (χ4v) is 1.32. The molecule has 1 aromatic rings. The Morgan fingerprint density at radius 3 is 2.77 bits per heavy atom. The summed E-state index contributed by atoms with van der Waals surface area (Å²) in [6.45, 7) is 1.40. The van der Waals surface area contributed by atoms with E-state index in [0.717, 1.165) is 4.47 Å². The van der Waals surface area contributed by atoms with Crippen molar-refractivity contribution in [1.29, 1.82) is 0 Å². The average Bonchev–Trinajstić information content (AvgIpc) is 2.03. The third kappa shape index (κ3) is 3.03. The number of aliphatic hydroxyl groups is 1. The first kappa shape index (κ1) is 9.99. The summed E-state index contributed by atoms with van der Waals surface area (Å²) in [5.41, 5.74) is 0.629. The van der Waals surface area contributed by atoms with Gasteiger partial charge in [-0.05, 0) is 19.1 Å². The number of halogens is 1. The van der Waals surface area contributed by atoms with Gasteiger partial charge in [0.05, 0.1) is 0 Å². The van der Waals surface area contributed by atoms with Crippen molar-refractivity contribution in [1.82, 2.24) is 0 Å². The summed E-state index contributed by atoms with van der Waals surface area (Å²) in [6, 6.07) is 7.13. The maximum Gasteiger partial charge on any atom is 0.156 e. The van der Waals surface area contributed by atoms with Gasteiger partial charge in [0, 0.05) is 16.1 Å². The second-order valence-electron chi connectivity index (χ2n) is 2.65. The van der Waals surface area contributed by atoms with E-state index in [1.165, 1.54) is 13.0 Å². The van der Waals surface area contributed by atoms with E-state index in [1.54, 1.807) is 18.2 Å². The fraction of sp³-hybridized carbons (Fsp3) is 0.100. The van der Waals surface area contributed by atoms with Gasteiger partial charge in [-0.1, -0.05) is 28.1 Å². The molecule has 68 valence electrons. The van der Waals surface area contributed by atoms with Crippen LogP contribution < -0.4 is 0 Å². The van der Waals surface area contributed by atoms with Gasteiger partial charge in [0.1, 0.15) is 5.76 Å². The minimum Gasteiger partial charge on any atom is -0.507 e. The van der Waals surface area contributed by atoms with Crippen molar-refractivity contribution in [2.45, 2.75) is 6.92 Å². The first-order valence-electron chi connectivity index (χ1n) is 3.77. The molecule has 0 aliphatic rings. The van der Waals surface area contributed by atoms with E-state index in [0.29, 0.717) is 5.56 Å². The normalized spacial score (nSPS) is 11.4. The van der Waals surface area contributed by atoms with Crippen LogP contribution >= 0.6 is 15.9 Å². The second kappa shape index (κ2) is 4.23. The van der Waals surface area contributed by atoms with E-state index in [-0.39, 0.29) is 11.5 Å². The standard InChI is InChI=1S/C10H9BrO2/c1-7(12)5-10(13)8-3-2-4-9(11)6-8/h2-6,13H,1H3/b10-5-. The molecule has 3 heteroatoms. The molecule has 1 N–H and O–H groups in total. The SMILES string of the molecule is CC(=O)/C=C(\O)c1cccc(Br)c1. The molecule has 0 radical (unpaired) electrons. The van der Waals surface area contributed by atoms with Gasteiger partial charge in [0.15, 0.2) is 5.78 Å². The van der Waals surface area contributed by atoms with Gasteiger partial charge in [-0.25, -0.2) is 0 Å². The Morgan fingerprint density at radius 2 is 2.23 bits per heavy atom. The van der Waals surface area contributed by atoms with E-state index in [9.17, 15) is 9.90 Å². The van der Waals surface area contributed by atoms with E-state index in [1.807, 2.05) is 6.07 Å². The summed E-state index contributed by atoms with van der Waals surface area (Å²) in [7, 11) is 0. The highest BCUT2D eigenvalue weighted by Gasteiger charge is 1.99. The van der Waals surface area contributed by atoms with Crippen molar-refractivity contribution in [3.05, 3.63) is 40.4 Å². The Balaban J connectivity index is 3.02. The third-order valence-corrected chi connectivity index (χ3v) is 1.95. The Bertz CT molecular complexity index is 356. The van der Waals surface area contributed by atoms with Gasteiger partial charge in [-0.3, -0.25) is 4.79 Å². The lowest BCUT2D eigenvalue weighted by molar-refractivity contribution is -0.112. The topological polar surface area (TPSA) is 37.3 Å². The lowest BCUT2D eigenvalue weighted by Crippen LogP contribution is -1.88. The van der Waals surface area contributed by atoms with Gasteiger partial charge < -0.3 is 5.11 Å². The zero-order valence-electron chi connectivity index (χ0n) is 7.12. The molecule has 1 rings (SSSR count). The van der Waals surface area contributed by atoms with E-state index < -0.39 is 0 Å². The first-order chi connectivity index (χ1) is 6.09. The Hall–Kier alpha value is -1.09. The maximum absolute atomic E-state index is 10.7. The number of carbonyl (C=O) groups excluding carboxylic acids is 1. The van der Waals surface area contributed by atoms with Crippen molar-refractivity contribution in [3.63, 3.8) is 0 Å². The van der Waals surface area contributed by atoms with Crippen LogP contribution in [0.1, 0.15) is 12.5 Å². The highest BCUT2D eigenvalue weighted by Crippen LogP contribution is 2.16. The largest absolute Gasteiger partial charge is 0.507 e. The van der Waals surface area contributed by atoms with E-state index in [4.69, 9.17) is 0 Å². The lowest BCUT2D eigenvalue weighted by atomic mass is 10.1. The van der Waals surface area contributed by atoms with Crippen molar-refractivity contribution in [2.24, 2.45) is 0 Å². The molecular weight excluding hydrogens is 232 g/mol. The summed E-state index contributed by atoms with van der Waals surface area (Å²) in [4.78, 5) is 10.7. The van der Waals surface area contributed by atoms with Crippen LogP contribution in [0.15, 0.2) is 34.8 Å². The predicted octanol–water partition coefficient (Wildman–Crippen LogP) is 2.94. The molecule has 0 saturated carbocycles. The molecule has 0 bridgehead atoms. The Morgan fingerprint density at radius 1 is 1.54 bits per heavy atom. The van der Waals surface area contributed by atoms with Crippen molar-refractivity contribution in [3.8, 4) is 0 Å². The minimum atomic E-state index is -0.169. The molecule has 2 nitrogen and oxygen atoms in total. The molecule has 0 amide bonds. The summed E-state index contributed by atoms with van der Waals surface area (Å²) < 4.78 is 0.869. The lowest BCUT2D eigenvalue weighted by Gasteiger charge is -1.99. The van der Waals surface area contributed by atoms with Crippen molar-refractivity contribution >= 4 is 27.5 Å². The number of allylic oxidation sites excluding steroid dienone is 1. The molecular formula is C10H9BrO2. The molecule has 0 atom stereocenters. The van der Waals surface area contributed by atoms with E-state index >= 15 is 0 Å². The van der Waals surface area contributed by atoms with Gasteiger partial charge in [0.25, 0.3) is 0 Å². The Labute approximate surface area is 85.0 Å². The van der Waals surface area contributed by atoms with Crippen molar-refractivity contribution in [2.75, 3.05) is 0 Å². The minimum absolute atomic E-state index is 0.00574.